The summed E-state index contributed by atoms with van der Waals surface area (Å²) >= 11 is -1.33. The van der Waals surface area contributed by atoms with Crippen molar-refractivity contribution in [1.82, 2.24) is 0 Å². The first-order valence-electron chi connectivity index (χ1n) is 4.09. The molecular formula is C6H11O3PTl. The van der Waals surface area contributed by atoms with Gasteiger partial charge in [0, 0.05) is 0 Å². The second-order valence-corrected chi connectivity index (χ2v) is 11.0. The summed E-state index contributed by atoms with van der Waals surface area (Å²) in [6.07, 6.45) is 5.82. The molecule has 11 heavy (non-hydrogen) atoms. The van der Waals surface area contributed by atoms with E-state index in [1.807, 2.05) is 0 Å². The van der Waals surface area contributed by atoms with Gasteiger partial charge in [0.15, 0.2) is 0 Å². The quantitative estimate of drug-likeness (QED) is 0.527. The van der Waals surface area contributed by atoms with E-state index in [1.165, 1.54) is 19.3 Å². The van der Waals surface area contributed by atoms with E-state index in [1.54, 1.807) is 0 Å². The molecule has 5 heteroatoms. The van der Waals surface area contributed by atoms with E-state index >= 15 is 0 Å². The number of hydrogen-bond donors (Lipinski definition) is 0. The van der Waals surface area contributed by atoms with Gasteiger partial charge < -0.3 is 0 Å². The minimum absolute atomic E-state index is 0.265. The van der Waals surface area contributed by atoms with E-state index < -0.39 is 32.7 Å². The Morgan fingerprint density at radius 3 is 2.27 bits per heavy atom. The molecule has 0 unspecified atom stereocenters. The molecule has 1 saturated carbocycles. The molecule has 0 aromatic rings. The molecule has 0 aromatic carbocycles. The molecule has 2 aliphatic rings. The summed E-state index contributed by atoms with van der Waals surface area (Å²) in [5, 5.41) is 0. The van der Waals surface area contributed by atoms with Crippen LogP contribution in [0.3, 0.4) is 0 Å². The van der Waals surface area contributed by atoms with Crippen LogP contribution < -0.4 is 0 Å². The fourth-order valence-corrected chi connectivity index (χ4v) is 10.3. The van der Waals surface area contributed by atoms with Gasteiger partial charge in [0.25, 0.3) is 0 Å². The van der Waals surface area contributed by atoms with Gasteiger partial charge in [-0.3, -0.25) is 0 Å². The SMILES string of the molecule is O=P1(C2CCCCC2)[O][Tl][O]1. The van der Waals surface area contributed by atoms with Gasteiger partial charge in [-0.2, -0.15) is 0 Å². The average molecular weight is 367 g/mol. The standard InChI is InChI=1S/C6H13O3P.Tl/c7-10(8,9)6-4-2-1-3-5-6;/h6H,1-5H2,(H2,7,8,9);/q;+2/p-2. The van der Waals surface area contributed by atoms with Crippen LogP contribution in [0.1, 0.15) is 32.1 Å². The summed E-state index contributed by atoms with van der Waals surface area (Å²) in [6, 6.07) is 0. The van der Waals surface area contributed by atoms with Gasteiger partial charge in [-0.05, 0) is 0 Å². The van der Waals surface area contributed by atoms with E-state index in [0.717, 1.165) is 12.8 Å². The molecule has 0 amide bonds. The van der Waals surface area contributed by atoms with Crippen LogP contribution >= 0.6 is 7.60 Å². The van der Waals surface area contributed by atoms with E-state index in [4.69, 9.17) is 4.95 Å². The van der Waals surface area contributed by atoms with Crippen LogP contribution in [0.15, 0.2) is 0 Å². The Bertz CT molecular complexity index is 182. The molecule has 0 N–H and O–H groups in total. The fourth-order valence-electron chi connectivity index (χ4n) is 1.70. The first-order chi connectivity index (χ1) is 5.31. The predicted octanol–water partition coefficient (Wildman–Crippen LogP) is 2.09. The molecule has 2 rings (SSSR count). The zero-order chi connectivity index (χ0) is 7.73. The first-order valence-corrected chi connectivity index (χ1v) is 9.37. The van der Waals surface area contributed by atoms with Crippen molar-refractivity contribution in [3.05, 3.63) is 0 Å². The molecule has 0 bridgehead atoms. The molecule has 0 aromatic heterocycles. The molecule has 1 aliphatic heterocycles. The van der Waals surface area contributed by atoms with Crippen LogP contribution in [-0.2, 0) is 9.51 Å². The third kappa shape index (κ3) is 1.71. The van der Waals surface area contributed by atoms with E-state index in [-0.39, 0.29) is 5.66 Å². The Morgan fingerprint density at radius 2 is 1.82 bits per heavy atom. The molecule has 0 radical (unpaired) electrons. The maximum atomic E-state index is 11.6. The minimum atomic E-state index is -2.48. The molecule has 2 fully saturated rings. The van der Waals surface area contributed by atoms with Crippen LogP contribution in [0.2, 0.25) is 0 Å². The summed E-state index contributed by atoms with van der Waals surface area (Å²) in [6.45, 7) is 0. The van der Waals surface area contributed by atoms with Crippen LogP contribution in [0.4, 0.5) is 0 Å². The second kappa shape index (κ2) is 3.44. The van der Waals surface area contributed by atoms with Gasteiger partial charge in [0.1, 0.15) is 0 Å². The number of rotatable bonds is 1. The van der Waals surface area contributed by atoms with Gasteiger partial charge in [-0.1, -0.05) is 0 Å². The summed E-state index contributed by atoms with van der Waals surface area (Å²) in [4.78, 5) is 0. The third-order valence-corrected chi connectivity index (χ3v) is 13.4. The first kappa shape index (κ1) is 8.66. The Labute approximate surface area is 79.9 Å². The summed E-state index contributed by atoms with van der Waals surface area (Å²) < 4.78 is 22.0. The van der Waals surface area contributed by atoms with Crippen molar-refractivity contribution < 1.29 is 9.51 Å². The Kier molecular flexibility index (Phi) is 2.71. The van der Waals surface area contributed by atoms with Crippen molar-refractivity contribution >= 4 is 32.7 Å². The fraction of sp³-hybridized carbons (Fsp3) is 1.00. The van der Waals surface area contributed by atoms with Crippen molar-refractivity contribution in [3.8, 4) is 0 Å². The summed E-state index contributed by atoms with van der Waals surface area (Å²) in [7, 11) is -2.48. The van der Waals surface area contributed by atoms with Gasteiger partial charge >= 0.3 is 80.0 Å². The Hall–Kier alpha value is 1.07. The van der Waals surface area contributed by atoms with Crippen molar-refractivity contribution in [3.63, 3.8) is 0 Å². The van der Waals surface area contributed by atoms with Crippen molar-refractivity contribution in [2.45, 2.75) is 37.8 Å². The van der Waals surface area contributed by atoms with E-state index in [9.17, 15) is 4.57 Å². The van der Waals surface area contributed by atoms with Crippen LogP contribution in [0.25, 0.3) is 0 Å². The van der Waals surface area contributed by atoms with E-state index in [0.29, 0.717) is 0 Å². The van der Waals surface area contributed by atoms with Crippen molar-refractivity contribution in [2.75, 3.05) is 0 Å². The summed E-state index contributed by atoms with van der Waals surface area (Å²) in [5.74, 6) is 0. The van der Waals surface area contributed by atoms with E-state index in [2.05, 4.69) is 0 Å². The zero-order valence-electron chi connectivity index (χ0n) is 6.36. The zero-order valence-corrected chi connectivity index (χ0v) is 11.7. The van der Waals surface area contributed by atoms with Crippen LogP contribution in [-0.4, -0.2) is 30.8 Å². The molecule has 3 nitrogen and oxygen atoms in total. The molecule has 0 atom stereocenters. The Morgan fingerprint density at radius 1 is 1.18 bits per heavy atom. The second-order valence-electron chi connectivity index (χ2n) is 3.14. The molecule has 1 saturated heterocycles. The van der Waals surface area contributed by atoms with Gasteiger partial charge in [0.05, 0.1) is 0 Å². The van der Waals surface area contributed by atoms with Gasteiger partial charge in [-0.15, -0.1) is 0 Å². The topological polar surface area (TPSA) is 35.5 Å². The maximum absolute atomic E-state index is 11.6. The monoisotopic (exact) mass is 367 g/mol. The molecule has 0 spiro atoms. The molecule has 61 valence electrons. The van der Waals surface area contributed by atoms with Crippen molar-refractivity contribution in [1.29, 1.82) is 0 Å². The normalized spacial score (nSPS) is 29.8. The predicted molar refractivity (Wildman–Crippen MR) is 42.4 cm³/mol. The third-order valence-electron chi connectivity index (χ3n) is 2.40. The van der Waals surface area contributed by atoms with Crippen LogP contribution in [0, 0.1) is 0 Å². The molecule has 1 aliphatic carbocycles. The van der Waals surface area contributed by atoms with Gasteiger partial charge in [0.2, 0.25) is 0 Å². The average Bonchev–Trinajstić information content (AvgIpc) is 2.02. The van der Waals surface area contributed by atoms with Gasteiger partial charge in [-0.25, -0.2) is 0 Å². The van der Waals surface area contributed by atoms with Crippen LogP contribution in [0.5, 0.6) is 0 Å². The molecule has 1 heterocycles. The Balaban J connectivity index is 1.97. The van der Waals surface area contributed by atoms with Crippen molar-refractivity contribution in [2.24, 2.45) is 0 Å². The molecular weight excluding hydrogens is 355 g/mol. The number of hydrogen-bond acceptors (Lipinski definition) is 3. The summed E-state index contributed by atoms with van der Waals surface area (Å²) in [5.41, 5.74) is 0.265.